The number of aromatic nitrogens is 1. The van der Waals surface area contributed by atoms with E-state index in [4.69, 9.17) is 0 Å². The van der Waals surface area contributed by atoms with E-state index in [1.54, 1.807) is 12.3 Å². The summed E-state index contributed by atoms with van der Waals surface area (Å²) in [6, 6.07) is 3.57. The van der Waals surface area contributed by atoms with E-state index in [0.29, 0.717) is 12.2 Å². The van der Waals surface area contributed by atoms with Crippen LogP contribution in [-0.2, 0) is 0 Å². The Morgan fingerprint density at radius 2 is 2.11 bits per heavy atom. The topological polar surface area (TPSA) is 45.2 Å². The maximum absolute atomic E-state index is 12.1. The molecule has 104 valence electrons. The molecule has 1 fully saturated rings. The first-order valence-electron chi connectivity index (χ1n) is 6.61. The Bertz CT molecular complexity index is 439. The van der Waals surface area contributed by atoms with Gasteiger partial charge in [-0.2, -0.15) is 0 Å². The fourth-order valence-corrected chi connectivity index (χ4v) is 2.90. The molecule has 0 atom stereocenters. The Kier molecular flexibility index (Phi) is 4.58. The first kappa shape index (κ1) is 14.5. The Balaban J connectivity index is 1.97. The van der Waals surface area contributed by atoms with Gasteiger partial charge in [-0.25, -0.2) is 4.98 Å². The molecule has 5 heteroatoms. The number of carbonyl (C=O) groups is 1. The normalized spacial score (nSPS) is 17.7. The van der Waals surface area contributed by atoms with E-state index < -0.39 is 0 Å². The zero-order valence-electron chi connectivity index (χ0n) is 11.4. The van der Waals surface area contributed by atoms with Gasteiger partial charge in [-0.1, -0.05) is 12.8 Å². The van der Waals surface area contributed by atoms with Gasteiger partial charge in [-0.15, -0.1) is 0 Å². The lowest BCUT2D eigenvalue weighted by molar-refractivity contribution is 0.0895. The van der Waals surface area contributed by atoms with Crippen LogP contribution in [0.15, 0.2) is 22.8 Å². The summed E-state index contributed by atoms with van der Waals surface area (Å²) in [6.07, 6.45) is 6.42. The number of nitrogens with one attached hydrogen (secondary N) is 1. The van der Waals surface area contributed by atoms with Gasteiger partial charge < -0.3 is 10.2 Å². The molecular formula is C14H20BrN3O. The third kappa shape index (κ3) is 3.34. The van der Waals surface area contributed by atoms with Gasteiger partial charge >= 0.3 is 0 Å². The predicted molar refractivity (Wildman–Crippen MR) is 79.2 cm³/mol. The summed E-state index contributed by atoms with van der Waals surface area (Å²) in [6.45, 7) is 0.691. The van der Waals surface area contributed by atoms with E-state index in [9.17, 15) is 4.79 Å². The van der Waals surface area contributed by atoms with Crippen molar-refractivity contribution in [2.75, 3.05) is 20.6 Å². The number of rotatable bonds is 4. The standard InChI is InChI=1S/C14H20BrN3O/c1-18(2)14(7-3-4-8-14)10-17-13(19)12-6-5-11(15)9-16-12/h5-6,9H,3-4,7-8,10H2,1-2H3,(H,17,19). The molecule has 1 N–H and O–H groups in total. The van der Waals surface area contributed by atoms with E-state index in [0.717, 1.165) is 17.3 Å². The molecule has 1 aromatic rings. The highest BCUT2D eigenvalue weighted by Crippen LogP contribution is 2.33. The van der Waals surface area contributed by atoms with Crippen molar-refractivity contribution in [1.82, 2.24) is 15.2 Å². The molecule has 1 heterocycles. The van der Waals surface area contributed by atoms with Crippen LogP contribution in [-0.4, -0.2) is 42.0 Å². The van der Waals surface area contributed by atoms with Gasteiger partial charge in [-0.3, -0.25) is 4.79 Å². The molecule has 1 saturated carbocycles. The minimum Gasteiger partial charge on any atom is -0.349 e. The number of halogens is 1. The van der Waals surface area contributed by atoms with Crippen molar-refractivity contribution in [3.63, 3.8) is 0 Å². The fraction of sp³-hybridized carbons (Fsp3) is 0.571. The molecule has 4 nitrogen and oxygen atoms in total. The van der Waals surface area contributed by atoms with Crippen LogP contribution in [0.5, 0.6) is 0 Å². The second kappa shape index (κ2) is 6.01. The highest BCUT2D eigenvalue weighted by Gasteiger charge is 2.36. The Hall–Kier alpha value is -0.940. The van der Waals surface area contributed by atoms with Crippen LogP contribution < -0.4 is 5.32 Å². The highest BCUT2D eigenvalue weighted by atomic mass is 79.9. The molecule has 0 aliphatic heterocycles. The summed E-state index contributed by atoms with van der Waals surface area (Å²) in [5, 5.41) is 3.02. The molecule has 1 aliphatic carbocycles. The number of pyridine rings is 1. The molecule has 0 aromatic carbocycles. The van der Waals surface area contributed by atoms with E-state index >= 15 is 0 Å². The molecule has 1 aliphatic rings. The van der Waals surface area contributed by atoms with Gasteiger partial charge in [0.15, 0.2) is 0 Å². The van der Waals surface area contributed by atoms with Crippen molar-refractivity contribution in [1.29, 1.82) is 0 Å². The smallest absolute Gasteiger partial charge is 0.269 e. The van der Waals surface area contributed by atoms with Gasteiger partial charge in [0.2, 0.25) is 0 Å². The van der Waals surface area contributed by atoms with Crippen molar-refractivity contribution >= 4 is 21.8 Å². The average molecular weight is 326 g/mol. The second-order valence-electron chi connectivity index (χ2n) is 5.37. The van der Waals surface area contributed by atoms with Crippen LogP contribution >= 0.6 is 15.9 Å². The zero-order valence-corrected chi connectivity index (χ0v) is 13.0. The third-order valence-electron chi connectivity index (χ3n) is 4.02. The zero-order chi connectivity index (χ0) is 13.9. The van der Waals surface area contributed by atoms with E-state index in [-0.39, 0.29) is 11.4 Å². The lowest BCUT2D eigenvalue weighted by Crippen LogP contribution is -2.50. The molecular weight excluding hydrogens is 306 g/mol. The van der Waals surface area contributed by atoms with Crippen molar-refractivity contribution < 1.29 is 4.79 Å². The van der Waals surface area contributed by atoms with Gasteiger partial charge in [0.05, 0.1) is 0 Å². The van der Waals surface area contributed by atoms with Crippen molar-refractivity contribution in [2.45, 2.75) is 31.2 Å². The van der Waals surface area contributed by atoms with Gasteiger partial charge in [0.1, 0.15) is 5.69 Å². The fourth-order valence-electron chi connectivity index (χ4n) is 2.66. The molecule has 2 rings (SSSR count). The monoisotopic (exact) mass is 325 g/mol. The lowest BCUT2D eigenvalue weighted by Gasteiger charge is -2.36. The first-order chi connectivity index (χ1) is 9.03. The number of nitrogens with zero attached hydrogens (tertiary/aromatic N) is 2. The number of hydrogen-bond acceptors (Lipinski definition) is 3. The Morgan fingerprint density at radius 1 is 1.42 bits per heavy atom. The summed E-state index contributed by atoms with van der Waals surface area (Å²) >= 11 is 3.31. The number of likely N-dealkylation sites (N-methyl/N-ethyl adjacent to an activating group) is 1. The summed E-state index contributed by atoms with van der Waals surface area (Å²) in [7, 11) is 4.19. The largest absolute Gasteiger partial charge is 0.349 e. The summed E-state index contributed by atoms with van der Waals surface area (Å²) < 4.78 is 0.879. The average Bonchev–Trinajstić information content (AvgIpc) is 2.87. The van der Waals surface area contributed by atoms with Crippen LogP contribution in [0.3, 0.4) is 0 Å². The maximum atomic E-state index is 12.1. The summed E-state index contributed by atoms with van der Waals surface area (Å²) in [5.41, 5.74) is 0.584. The predicted octanol–water partition coefficient (Wildman–Crippen LogP) is 2.45. The lowest BCUT2D eigenvalue weighted by atomic mass is 9.96. The highest BCUT2D eigenvalue weighted by molar-refractivity contribution is 9.10. The number of hydrogen-bond donors (Lipinski definition) is 1. The maximum Gasteiger partial charge on any atom is 0.269 e. The SMILES string of the molecule is CN(C)C1(CNC(=O)c2ccc(Br)cn2)CCCC1. The Labute approximate surface area is 122 Å². The van der Waals surface area contributed by atoms with Crippen molar-refractivity contribution in [3.05, 3.63) is 28.5 Å². The molecule has 1 amide bonds. The van der Waals surface area contributed by atoms with Gasteiger partial charge in [0, 0.05) is 22.8 Å². The van der Waals surface area contributed by atoms with E-state index in [2.05, 4.69) is 45.2 Å². The second-order valence-corrected chi connectivity index (χ2v) is 6.29. The number of amides is 1. The summed E-state index contributed by atoms with van der Waals surface area (Å²) in [5.74, 6) is -0.0966. The quantitative estimate of drug-likeness (QED) is 0.924. The molecule has 1 aromatic heterocycles. The molecule has 0 radical (unpaired) electrons. The van der Waals surface area contributed by atoms with Crippen molar-refractivity contribution in [3.8, 4) is 0 Å². The van der Waals surface area contributed by atoms with Crippen LogP contribution in [0, 0.1) is 0 Å². The van der Waals surface area contributed by atoms with Crippen molar-refractivity contribution in [2.24, 2.45) is 0 Å². The first-order valence-corrected chi connectivity index (χ1v) is 7.40. The molecule has 19 heavy (non-hydrogen) atoms. The van der Waals surface area contributed by atoms with Crippen LogP contribution in [0.1, 0.15) is 36.2 Å². The minimum absolute atomic E-state index is 0.0966. The van der Waals surface area contributed by atoms with Crippen LogP contribution in [0.2, 0.25) is 0 Å². The van der Waals surface area contributed by atoms with Gasteiger partial charge in [-0.05, 0) is 55.0 Å². The molecule has 0 unspecified atom stereocenters. The third-order valence-corrected chi connectivity index (χ3v) is 4.49. The molecule has 0 spiro atoms. The van der Waals surface area contributed by atoms with Gasteiger partial charge in [0.25, 0.3) is 5.91 Å². The molecule has 0 saturated heterocycles. The van der Waals surface area contributed by atoms with E-state index in [1.807, 2.05) is 6.07 Å². The van der Waals surface area contributed by atoms with Crippen LogP contribution in [0.4, 0.5) is 0 Å². The summed E-state index contributed by atoms with van der Waals surface area (Å²) in [4.78, 5) is 18.4. The van der Waals surface area contributed by atoms with E-state index in [1.165, 1.54) is 12.8 Å². The Morgan fingerprint density at radius 3 is 2.63 bits per heavy atom. The van der Waals surface area contributed by atoms with Crippen LogP contribution in [0.25, 0.3) is 0 Å². The molecule has 0 bridgehead atoms. The minimum atomic E-state index is -0.0966. The number of carbonyl (C=O) groups excluding carboxylic acids is 1.